The first kappa shape index (κ1) is 18.6. The van der Waals surface area contributed by atoms with Crippen LogP contribution < -0.4 is 0 Å². The summed E-state index contributed by atoms with van der Waals surface area (Å²) in [4.78, 5) is 5.03. The van der Waals surface area contributed by atoms with E-state index in [1.54, 1.807) is 0 Å². The van der Waals surface area contributed by atoms with Gasteiger partial charge in [0.25, 0.3) is 0 Å². The molecule has 3 rings (SSSR count). The Hall–Kier alpha value is -2.18. The van der Waals surface area contributed by atoms with Crippen molar-refractivity contribution >= 4 is 11.8 Å². The lowest BCUT2D eigenvalue weighted by atomic mass is 10.1. The molecule has 0 bridgehead atoms. The molecule has 1 N–H and O–H groups in total. The van der Waals surface area contributed by atoms with Gasteiger partial charge in [-0.25, -0.2) is 13.8 Å². The van der Waals surface area contributed by atoms with E-state index in [9.17, 15) is 13.9 Å². The molecule has 3 nitrogen and oxygen atoms in total. The van der Waals surface area contributed by atoms with Gasteiger partial charge in [0.1, 0.15) is 29.1 Å². The van der Waals surface area contributed by atoms with Gasteiger partial charge in [0.05, 0.1) is 5.69 Å². The lowest BCUT2D eigenvalue weighted by Crippen LogP contribution is -2.06. The van der Waals surface area contributed by atoms with Crippen LogP contribution >= 0.6 is 11.8 Å². The highest BCUT2D eigenvalue weighted by atomic mass is 32.2. The van der Waals surface area contributed by atoms with Gasteiger partial charge in [-0.15, -0.1) is 0 Å². The molecule has 0 aliphatic rings. The van der Waals surface area contributed by atoms with Crippen molar-refractivity contribution in [2.75, 3.05) is 0 Å². The maximum atomic E-state index is 13.6. The number of hydrogen-bond acceptors (Lipinski definition) is 3. The van der Waals surface area contributed by atoms with Gasteiger partial charge >= 0.3 is 0 Å². The van der Waals surface area contributed by atoms with Gasteiger partial charge in [-0.3, -0.25) is 0 Å². The normalized spacial score (nSPS) is 11.3. The van der Waals surface area contributed by atoms with Crippen molar-refractivity contribution in [2.45, 2.75) is 42.8 Å². The molecule has 0 amide bonds. The molecular weight excluding hydrogens is 354 g/mol. The van der Waals surface area contributed by atoms with Gasteiger partial charge < -0.3 is 9.67 Å². The van der Waals surface area contributed by atoms with Crippen molar-refractivity contribution in [2.24, 2.45) is 0 Å². The number of rotatable bonds is 6. The minimum absolute atomic E-state index is 0.109. The zero-order valence-electron chi connectivity index (χ0n) is 14.6. The van der Waals surface area contributed by atoms with Crippen molar-refractivity contribution in [3.63, 3.8) is 0 Å². The van der Waals surface area contributed by atoms with Crippen LogP contribution in [0, 0.1) is 11.6 Å². The van der Waals surface area contributed by atoms with E-state index >= 15 is 0 Å². The number of aromatic nitrogens is 2. The molecule has 0 fully saturated rings. The Balaban J connectivity index is 2.07. The first-order valence-electron chi connectivity index (χ1n) is 8.36. The SMILES string of the molecule is CC(C)c1nc(CO)n(Cc2ccccc2)c1Sc1cc(F)cc(F)c1. The third kappa shape index (κ3) is 4.14. The maximum absolute atomic E-state index is 13.6. The predicted molar refractivity (Wildman–Crippen MR) is 98.3 cm³/mol. The lowest BCUT2D eigenvalue weighted by molar-refractivity contribution is 0.265. The van der Waals surface area contributed by atoms with Gasteiger partial charge in [0.2, 0.25) is 0 Å². The van der Waals surface area contributed by atoms with E-state index in [0.29, 0.717) is 17.3 Å². The average molecular weight is 374 g/mol. The fraction of sp³-hybridized carbons (Fsp3) is 0.250. The number of aliphatic hydroxyl groups is 1. The van der Waals surface area contributed by atoms with Crippen LogP contribution in [-0.2, 0) is 13.2 Å². The van der Waals surface area contributed by atoms with Crippen LogP contribution in [0.1, 0.15) is 36.8 Å². The molecule has 0 atom stereocenters. The van der Waals surface area contributed by atoms with Gasteiger partial charge in [-0.1, -0.05) is 55.9 Å². The zero-order chi connectivity index (χ0) is 18.7. The Labute approximate surface area is 155 Å². The quantitative estimate of drug-likeness (QED) is 0.661. The van der Waals surface area contributed by atoms with Crippen molar-refractivity contribution < 1.29 is 13.9 Å². The number of imidazole rings is 1. The summed E-state index contributed by atoms with van der Waals surface area (Å²) in [5, 5.41) is 10.5. The summed E-state index contributed by atoms with van der Waals surface area (Å²) < 4.78 is 29.1. The first-order valence-corrected chi connectivity index (χ1v) is 9.17. The third-order valence-electron chi connectivity index (χ3n) is 3.95. The van der Waals surface area contributed by atoms with Gasteiger partial charge in [-0.05, 0) is 23.6 Å². The second-order valence-corrected chi connectivity index (χ2v) is 7.37. The minimum Gasteiger partial charge on any atom is -0.388 e. The number of halogens is 2. The second-order valence-electron chi connectivity index (χ2n) is 6.31. The Bertz CT molecular complexity index is 874. The molecule has 2 aromatic carbocycles. The van der Waals surface area contributed by atoms with Gasteiger partial charge in [-0.2, -0.15) is 0 Å². The minimum atomic E-state index is -0.616. The van der Waals surface area contributed by atoms with Crippen LogP contribution in [-0.4, -0.2) is 14.7 Å². The molecule has 1 heterocycles. The van der Waals surface area contributed by atoms with Crippen molar-refractivity contribution in [3.05, 3.63) is 77.2 Å². The summed E-state index contributed by atoms with van der Waals surface area (Å²) in [5.41, 5.74) is 1.86. The highest BCUT2D eigenvalue weighted by molar-refractivity contribution is 7.99. The third-order valence-corrected chi connectivity index (χ3v) is 5.04. The second kappa shape index (κ2) is 8.01. The van der Waals surface area contributed by atoms with Crippen molar-refractivity contribution in [1.29, 1.82) is 0 Å². The molecule has 0 spiro atoms. The average Bonchev–Trinajstić information content (AvgIpc) is 2.93. The van der Waals surface area contributed by atoms with E-state index < -0.39 is 11.6 Å². The Morgan fingerprint density at radius 2 is 1.73 bits per heavy atom. The lowest BCUT2D eigenvalue weighted by Gasteiger charge is -2.13. The smallest absolute Gasteiger partial charge is 0.136 e. The van der Waals surface area contributed by atoms with E-state index in [2.05, 4.69) is 4.98 Å². The summed E-state index contributed by atoms with van der Waals surface area (Å²) in [5.74, 6) is -0.583. The highest BCUT2D eigenvalue weighted by Crippen LogP contribution is 2.36. The number of hydrogen-bond donors (Lipinski definition) is 1. The summed E-state index contributed by atoms with van der Waals surface area (Å²) in [6.45, 7) is 4.33. The molecule has 3 aromatic rings. The monoisotopic (exact) mass is 374 g/mol. The molecule has 0 saturated heterocycles. The Kier molecular flexibility index (Phi) is 5.74. The molecule has 1 aromatic heterocycles. The summed E-state index contributed by atoms with van der Waals surface area (Å²) in [6.07, 6.45) is 0. The fourth-order valence-corrected chi connectivity index (χ4v) is 3.97. The van der Waals surface area contributed by atoms with Crippen molar-refractivity contribution in [1.82, 2.24) is 9.55 Å². The van der Waals surface area contributed by atoms with E-state index in [1.807, 2.05) is 48.7 Å². The van der Waals surface area contributed by atoms with Crippen LogP contribution in [0.15, 0.2) is 58.5 Å². The topological polar surface area (TPSA) is 38.1 Å². The first-order chi connectivity index (χ1) is 12.5. The molecule has 6 heteroatoms. The van der Waals surface area contributed by atoms with Crippen molar-refractivity contribution in [3.8, 4) is 0 Å². The van der Waals surface area contributed by atoms with Gasteiger partial charge in [0.15, 0.2) is 0 Å². The summed E-state index contributed by atoms with van der Waals surface area (Å²) in [7, 11) is 0. The van der Waals surface area contributed by atoms with E-state index in [1.165, 1.54) is 23.9 Å². The molecular formula is C20H20F2N2OS. The van der Waals surface area contributed by atoms with E-state index in [-0.39, 0.29) is 12.5 Å². The summed E-state index contributed by atoms with van der Waals surface area (Å²) in [6, 6.07) is 13.3. The van der Waals surface area contributed by atoms with Crippen LogP contribution in [0.2, 0.25) is 0 Å². The Morgan fingerprint density at radius 1 is 1.08 bits per heavy atom. The number of nitrogens with zero attached hydrogens (tertiary/aromatic N) is 2. The molecule has 26 heavy (non-hydrogen) atoms. The van der Waals surface area contributed by atoms with Crippen LogP contribution in [0.3, 0.4) is 0 Å². The molecule has 0 radical (unpaired) electrons. The molecule has 0 saturated carbocycles. The van der Waals surface area contributed by atoms with Crippen LogP contribution in [0.25, 0.3) is 0 Å². The molecule has 136 valence electrons. The number of benzene rings is 2. The van der Waals surface area contributed by atoms with E-state index in [4.69, 9.17) is 0 Å². The standard InChI is InChI=1S/C20H20F2N2OS/c1-13(2)19-20(26-17-9-15(21)8-16(22)10-17)24(18(12-25)23-19)11-14-6-4-3-5-7-14/h3-10,13,25H,11-12H2,1-2H3. The van der Waals surface area contributed by atoms with E-state index in [0.717, 1.165) is 22.3 Å². The van der Waals surface area contributed by atoms with Gasteiger partial charge in [0, 0.05) is 17.5 Å². The van der Waals surface area contributed by atoms with Crippen LogP contribution in [0.5, 0.6) is 0 Å². The molecule has 0 aliphatic carbocycles. The Morgan fingerprint density at radius 3 is 2.31 bits per heavy atom. The predicted octanol–water partition coefficient (Wildman–Crippen LogP) is 4.98. The largest absolute Gasteiger partial charge is 0.388 e. The summed E-state index contributed by atoms with van der Waals surface area (Å²) >= 11 is 1.26. The number of aliphatic hydroxyl groups excluding tert-OH is 1. The fourth-order valence-electron chi connectivity index (χ4n) is 2.73. The maximum Gasteiger partial charge on any atom is 0.136 e. The highest BCUT2D eigenvalue weighted by Gasteiger charge is 2.20. The molecule has 0 unspecified atom stereocenters. The molecule has 0 aliphatic heterocycles. The zero-order valence-corrected chi connectivity index (χ0v) is 15.4. The van der Waals surface area contributed by atoms with Crippen LogP contribution in [0.4, 0.5) is 8.78 Å².